The first-order valence-corrected chi connectivity index (χ1v) is 3.54. The topological polar surface area (TPSA) is 29.3 Å². The van der Waals surface area contributed by atoms with E-state index in [1.54, 1.807) is 12.1 Å². The molecule has 1 aromatic rings. The van der Waals surface area contributed by atoms with Crippen molar-refractivity contribution < 1.29 is 9.50 Å². The summed E-state index contributed by atoms with van der Waals surface area (Å²) in [4.78, 5) is 11.1. The molecule has 0 amide bonds. The van der Waals surface area contributed by atoms with Gasteiger partial charge in [-0.2, -0.15) is 0 Å². The van der Waals surface area contributed by atoms with Gasteiger partial charge in [-0.25, -0.2) is 0 Å². The van der Waals surface area contributed by atoms with Gasteiger partial charge in [-0.05, 0) is 6.07 Å². The maximum Gasteiger partial charge on any atom is 0.297 e. The van der Waals surface area contributed by atoms with E-state index in [1.807, 2.05) is 12.1 Å². The first-order chi connectivity index (χ1) is 5.38. The number of nitroso groups, excluding NO2 is 1. The zero-order valence-electron chi connectivity index (χ0n) is 5.99. The minimum Gasteiger partial charge on any atom is -0.480 e. The molecular weight excluding hydrogens is 142 g/mol. The Morgan fingerprint density at radius 3 is 3.00 bits per heavy atom. The van der Waals surface area contributed by atoms with E-state index in [1.165, 1.54) is 0 Å². The van der Waals surface area contributed by atoms with Crippen LogP contribution in [0.2, 0.25) is 0 Å². The molecule has 1 aromatic carbocycles. The van der Waals surface area contributed by atoms with Crippen molar-refractivity contribution in [1.29, 1.82) is 0 Å². The second kappa shape index (κ2) is 2.34. The van der Waals surface area contributed by atoms with Crippen LogP contribution in [0.3, 0.4) is 0 Å². The Kier molecular flexibility index (Phi) is 1.35. The predicted octanol–water partition coefficient (Wildman–Crippen LogP) is 1.49. The summed E-state index contributed by atoms with van der Waals surface area (Å²) in [5.74, 6) is 0.689. The molecule has 0 N–H and O–H groups in total. The summed E-state index contributed by atoms with van der Waals surface area (Å²) in [6, 6.07) is 7.26. The highest BCUT2D eigenvalue weighted by atomic mass is 16.5. The van der Waals surface area contributed by atoms with Gasteiger partial charge in [0.05, 0.1) is 0 Å². The Morgan fingerprint density at radius 2 is 2.18 bits per heavy atom. The molecule has 56 valence electrons. The Morgan fingerprint density at radius 1 is 1.36 bits per heavy atom. The molecule has 0 unspecified atom stereocenters. The molecule has 2 rings (SSSR count). The van der Waals surface area contributed by atoms with Gasteiger partial charge in [0.1, 0.15) is 0 Å². The molecule has 0 saturated carbocycles. The number of hydrogen-bond acceptors (Lipinski definition) is 2. The largest absolute Gasteiger partial charge is 0.480 e. The van der Waals surface area contributed by atoms with Crippen molar-refractivity contribution in [3.05, 3.63) is 29.2 Å². The minimum atomic E-state index is 0.428. The highest BCUT2D eigenvalue weighted by molar-refractivity contribution is 5.46. The van der Waals surface area contributed by atoms with Crippen LogP contribution < -0.4 is 4.74 Å². The molecule has 0 saturated heterocycles. The molecule has 0 aliphatic carbocycles. The van der Waals surface area contributed by atoms with Crippen molar-refractivity contribution in [3.63, 3.8) is 0 Å². The van der Waals surface area contributed by atoms with Crippen molar-refractivity contribution in [3.8, 4) is 5.75 Å². The van der Waals surface area contributed by atoms with E-state index >= 15 is 0 Å². The smallest absolute Gasteiger partial charge is 0.297 e. The molecule has 1 aliphatic rings. The van der Waals surface area contributed by atoms with Gasteiger partial charge in [-0.1, -0.05) is 12.1 Å². The van der Waals surface area contributed by atoms with Crippen molar-refractivity contribution in [1.82, 2.24) is 0 Å². The molecular formula is C8H8NO2+. The third-order valence-electron chi connectivity index (χ3n) is 1.69. The van der Waals surface area contributed by atoms with Crippen LogP contribution in [0, 0.1) is 4.91 Å². The lowest BCUT2D eigenvalue weighted by Gasteiger charge is -2.08. The number of ether oxygens (including phenoxy) is 1. The fraction of sp³-hybridized carbons (Fsp3) is 0.250. The molecule has 1 heterocycles. The SMILES string of the molecule is O=[N+]1CCOc2ccccc21. The summed E-state index contributed by atoms with van der Waals surface area (Å²) in [5, 5.41) is 0. The van der Waals surface area contributed by atoms with E-state index in [9.17, 15) is 4.91 Å². The van der Waals surface area contributed by atoms with Crippen molar-refractivity contribution in [2.45, 2.75) is 0 Å². The van der Waals surface area contributed by atoms with E-state index in [0.29, 0.717) is 24.6 Å². The molecule has 11 heavy (non-hydrogen) atoms. The quantitative estimate of drug-likeness (QED) is 0.524. The van der Waals surface area contributed by atoms with E-state index in [4.69, 9.17) is 4.74 Å². The molecule has 0 spiro atoms. The van der Waals surface area contributed by atoms with Gasteiger partial charge < -0.3 is 4.74 Å². The lowest BCUT2D eigenvalue weighted by atomic mass is 10.2. The van der Waals surface area contributed by atoms with Gasteiger partial charge in [0, 0.05) is 15.7 Å². The second-order valence-electron chi connectivity index (χ2n) is 2.42. The lowest BCUT2D eigenvalue weighted by Crippen LogP contribution is -2.18. The number of nitrogens with zero attached hydrogens (tertiary/aromatic N) is 1. The zero-order chi connectivity index (χ0) is 7.68. The molecule has 0 bridgehead atoms. The summed E-state index contributed by atoms with van der Waals surface area (Å²) in [6.45, 7) is 0.914. The first kappa shape index (κ1) is 6.34. The molecule has 1 aliphatic heterocycles. The predicted molar refractivity (Wildman–Crippen MR) is 40.1 cm³/mol. The lowest BCUT2D eigenvalue weighted by molar-refractivity contribution is -0.473. The minimum absolute atomic E-state index is 0.428. The normalized spacial score (nSPS) is 15.5. The summed E-state index contributed by atoms with van der Waals surface area (Å²) in [5.41, 5.74) is 0.638. The first-order valence-electron chi connectivity index (χ1n) is 3.54. The summed E-state index contributed by atoms with van der Waals surface area (Å²) in [6.07, 6.45) is 0. The maximum atomic E-state index is 11.1. The van der Waals surface area contributed by atoms with Crippen LogP contribution in [0.15, 0.2) is 24.3 Å². The Labute approximate surface area is 64.2 Å². The Bertz CT molecular complexity index is 296. The number of hydrogen-bond donors (Lipinski definition) is 0. The van der Waals surface area contributed by atoms with Crippen LogP contribution in [0.5, 0.6) is 5.75 Å². The number of rotatable bonds is 0. The fourth-order valence-electron chi connectivity index (χ4n) is 1.14. The van der Waals surface area contributed by atoms with E-state index in [2.05, 4.69) is 0 Å². The summed E-state index contributed by atoms with van der Waals surface area (Å²) in [7, 11) is 0. The van der Waals surface area contributed by atoms with Gasteiger partial charge >= 0.3 is 0 Å². The van der Waals surface area contributed by atoms with Crippen LogP contribution >= 0.6 is 0 Å². The van der Waals surface area contributed by atoms with Crippen LogP contribution in [0.4, 0.5) is 5.69 Å². The van der Waals surface area contributed by atoms with Crippen LogP contribution in [-0.4, -0.2) is 17.9 Å². The van der Waals surface area contributed by atoms with Gasteiger partial charge in [0.2, 0.25) is 6.54 Å². The average molecular weight is 150 g/mol. The Hall–Kier alpha value is -1.38. The third kappa shape index (κ3) is 0.981. The van der Waals surface area contributed by atoms with Crippen LogP contribution in [0.1, 0.15) is 0 Å². The Balaban J connectivity index is 2.52. The highest BCUT2D eigenvalue weighted by Crippen LogP contribution is 2.28. The number of para-hydroxylation sites is 2. The van der Waals surface area contributed by atoms with E-state index in [0.717, 1.165) is 4.76 Å². The van der Waals surface area contributed by atoms with Gasteiger partial charge in [0.15, 0.2) is 12.4 Å². The average Bonchev–Trinajstić information content (AvgIpc) is 2.06. The van der Waals surface area contributed by atoms with Crippen LogP contribution in [-0.2, 0) is 0 Å². The highest BCUT2D eigenvalue weighted by Gasteiger charge is 2.24. The van der Waals surface area contributed by atoms with Crippen molar-refractivity contribution >= 4 is 5.69 Å². The zero-order valence-corrected chi connectivity index (χ0v) is 5.99. The van der Waals surface area contributed by atoms with Crippen molar-refractivity contribution in [2.24, 2.45) is 0 Å². The third-order valence-corrected chi connectivity index (χ3v) is 1.69. The molecule has 3 heteroatoms. The van der Waals surface area contributed by atoms with Crippen LogP contribution in [0.25, 0.3) is 0 Å². The van der Waals surface area contributed by atoms with Gasteiger partial charge in [-0.3, -0.25) is 0 Å². The molecule has 0 radical (unpaired) electrons. The monoisotopic (exact) mass is 150 g/mol. The number of fused-ring (bicyclic) bond motifs is 1. The second-order valence-corrected chi connectivity index (χ2v) is 2.42. The van der Waals surface area contributed by atoms with E-state index in [-0.39, 0.29) is 0 Å². The molecule has 0 aromatic heterocycles. The van der Waals surface area contributed by atoms with Gasteiger partial charge in [0.25, 0.3) is 5.69 Å². The molecule has 0 atom stereocenters. The molecule has 3 nitrogen and oxygen atoms in total. The summed E-state index contributed by atoms with van der Waals surface area (Å²) < 4.78 is 6.21. The maximum absolute atomic E-state index is 11.1. The van der Waals surface area contributed by atoms with Crippen molar-refractivity contribution in [2.75, 3.05) is 13.2 Å². The fourth-order valence-corrected chi connectivity index (χ4v) is 1.14. The number of benzene rings is 1. The van der Waals surface area contributed by atoms with Gasteiger partial charge in [-0.15, -0.1) is 0 Å². The standard InChI is InChI=1S/C8H8NO2/c10-9-5-6-11-8-4-2-1-3-7(8)9/h1-4H,5-6H2/q+1. The molecule has 0 fully saturated rings. The van der Waals surface area contributed by atoms with E-state index < -0.39 is 0 Å². The summed E-state index contributed by atoms with van der Waals surface area (Å²) >= 11 is 0.